The molecule has 0 fully saturated rings. The van der Waals surface area contributed by atoms with Crippen LogP contribution in [0.4, 0.5) is 0 Å². The van der Waals surface area contributed by atoms with Crippen molar-refractivity contribution in [2.45, 2.75) is 51.3 Å². The molecular formula is C13H23BrO4. The Labute approximate surface area is 118 Å². The van der Waals surface area contributed by atoms with Gasteiger partial charge in [0, 0.05) is 4.83 Å². The van der Waals surface area contributed by atoms with Crippen molar-refractivity contribution in [1.29, 1.82) is 0 Å². The Morgan fingerprint density at radius 1 is 1.00 bits per heavy atom. The molecule has 0 amide bonds. The van der Waals surface area contributed by atoms with E-state index in [1.807, 2.05) is 0 Å². The van der Waals surface area contributed by atoms with Crippen molar-refractivity contribution in [2.24, 2.45) is 5.92 Å². The Hall–Kier alpha value is -0.580. The molecule has 0 saturated heterocycles. The van der Waals surface area contributed by atoms with Crippen LogP contribution in [0.25, 0.3) is 0 Å². The highest BCUT2D eigenvalue weighted by Crippen LogP contribution is 2.16. The van der Waals surface area contributed by atoms with E-state index >= 15 is 0 Å². The van der Waals surface area contributed by atoms with E-state index in [0.29, 0.717) is 11.2 Å². The van der Waals surface area contributed by atoms with Crippen LogP contribution in [0.1, 0.15) is 46.5 Å². The number of halogens is 1. The first-order valence-electron chi connectivity index (χ1n) is 6.50. The van der Waals surface area contributed by atoms with Gasteiger partial charge in [-0.2, -0.15) is 0 Å². The van der Waals surface area contributed by atoms with Crippen molar-refractivity contribution < 1.29 is 19.1 Å². The molecule has 0 aliphatic carbocycles. The summed E-state index contributed by atoms with van der Waals surface area (Å²) in [7, 11) is 0. The molecule has 0 bridgehead atoms. The smallest absolute Gasteiger partial charge is 0.320 e. The number of rotatable bonds is 9. The summed E-state index contributed by atoms with van der Waals surface area (Å²) >= 11 is 3.47. The van der Waals surface area contributed by atoms with Gasteiger partial charge in [0.1, 0.15) is 0 Å². The maximum absolute atomic E-state index is 11.7. The fourth-order valence-electron chi connectivity index (χ4n) is 1.59. The highest BCUT2D eigenvalue weighted by Gasteiger charge is 2.28. The minimum Gasteiger partial charge on any atom is -0.465 e. The molecule has 0 aliphatic rings. The fraction of sp³-hybridized carbons (Fsp3) is 0.846. The van der Waals surface area contributed by atoms with Crippen molar-refractivity contribution in [3.63, 3.8) is 0 Å². The number of carbonyl (C=O) groups is 2. The molecule has 5 heteroatoms. The highest BCUT2D eigenvalue weighted by molar-refractivity contribution is 9.09. The van der Waals surface area contributed by atoms with Gasteiger partial charge in [-0.1, -0.05) is 35.7 Å². The van der Waals surface area contributed by atoms with E-state index in [9.17, 15) is 9.59 Å². The van der Waals surface area contributed by atoms with E-state index in [1.165, 1.54) is 0 Å². The second-order valence-corrected chi connectivity index (χ2v) is 5.69. The SMILES string of the molecule is CCOC(=O)C(CCCCC(C)Br)C(=O)OCC. The minimum atomic E-state index is -0.768. The summed E-state index contributed by atoms with van der Waals surface area (Å²) in [6.07, 6.45) is 3.32. The quantitative estimate of drug-likeness (QED) is 0.283. The van der Waals surface area contributed by atoms with Gasteiger partial charge >= 0.3 is 11.9 Å². The summed E-state index contributed by atoms with van der Waals surface area (Å²) in [6, 6.07) is 0. The second-order valence-electron chi connectivity index (χ2n) is 4.12. The molecule has 1 unspecified atom stereocenters. The van der Waals surface area contributed by atoms with Crippen LogP contribution in [-0.4, -0.2) is 30.0 Å². The van der Waals surface area contributed by atoms with Gasteiger partial charge in [0.15, 0.2) is 5.92 Å². The first-order chi connectivity index (χ1) is 8.52. The van der Waals surface area contributed by atoms with Crippen LogP contribution in [0.2, 0.25) is 0 Å². The molecule has 0 aliphatic heterocycles. The van der Waals surface area contributed by atoms with Crippen molar-refractivity contribution in [3.8, 4) is 0 Å². The molecule has 0 aromatic rings. The molecule has 0 aromatic carbocycles. The molecule has 0 saturated carbocycles. The molecule has 1 atom stereocenters. The zero-order valence-electron chi connectivity index (χ0n) is 11.4. The predicted octanol–water partition coefficient (Wildman–Crippen LogP) is 3.07. The number of alkyl halides is 1. The summed E-state index contributed by atoms with van der Waals surface area (Å²) in [6.45, 7) is 6.10. The number of unbranched alkanes of at least 4 members (excludes halogenated alkanes) is 1. The molecule has 0 aromatic heterocycles. The zero-order valence-corrected chi connectivity index (χ0v) is 13.0. The Morgan fingerprint density at radius 2 is 1.44 bits per heavy atom. The van der Waals surface area contributed by atoms with Gasteiger partial charge in [0.05, 0.1) is 13.2 Å². The number of hydrogen-bond donors (Lipinski definition) is 0. The maximum Gasteiger partial charge on any atom is 0.320 e. The van der Waals surface area contributed by atoms with Gasteiger partial charge in [0.2, 0.25) is 0 Å². The Balaban J connectivity index is 4.21. The molecule has 4 nitrogen and oxygen atoms in total. The lowest BCUT2D eigenvalue weighted by Gasteiger charge is -2.14. The average molecular weight is 323 g/mol. The second kappa shape index (κ2) is 10.4. The fourth-order valence-corrected chi connectivity index (χ4v) is 1.92. The molecule has 0 heterocycles. The molecule has 0 radical (unpaired) electrons. The van der Waals surface area contributed by atoms with Gasteiger partial charge in [-0.05, 0) is 26.7 Å². The lowest BCUT2D eigenvalue weighted by molar-refractivity contribution is -0.161. The van der Waals surface area contributed by atoms with E-state index in [0.717, 1.165) is 19.3 Å². The first-order valence-corrected chi connectivity index (χ1v) is 7.41. The van der Waals surface area contributed by atoms with Crippen LogP contribution in [0.5, 0.6) is 0 Å². The van der Waals surface area contributed by atoms with Gasteiger partial charge in [-0.25, -0.2) is 0 Å². The van der Waals surface area contributed by atoms with Crippen LogP contribution >= 0.6 is 15.9 Å². The average Bonchev–Trinajstić information content (AvgIpc) is 2.28. The zero-order chi connectivity index (χ0) is 14.0. The van der Waals surface area contributed by atoms with Crippen LogP contribution in [0.15, 0.2) is 0 Å². The Kier molecular flexibility index (Phi) is 10.0. The maximum atomic E-state index is 11.7. The van der Waals surface area contributed by atoms with E-state index < -0.39 is 17.9 Å². The largest absolute Gasteiger partial charge is 0.465 e. The summed E-state index contributed by atoms with van der Waals surface area (Å²) in [4.78, 5) is 23.8. The summed E-state index contributed by atoms with van der Waals surface area (Å²) < 4.78 is 9.80. The lowest BCUT2D eigenvalue weighted by Crippen LogP contribution is -2.28. The highest BCUT2D eigenvalue weighted by atomic mass is 79.9. The minimum absolute atomic E-state index is 0.285. The summed E-state index contributed by atoms with van der Waals surface area (Å²) in [5.41, 5.74) is 0. The number of esters is 2. The van der Waals surface area contributed by atoms with E-state index in [1.54, 1.807) is 13.8 Å². The Morgan fingerprint density at radius 3 is 1.83 bits per heavy atom. The topological polar surface area (TPSA) is 52.6 Å². The van der Waals surface area contributed by atoms with Crippen molar-refractivity contribution in [3.05, 3.63) is 0 Å². The van der Waals surface area contributed by atoms with Gasteiger partial charge in [-0.3, -0.25) is 9.59 Å². The van der Waals surface area contributed by atoms with Crippen LogP contribution in [-0.2, 0) is 19.1 Å². The lowest BCUT2D eigenvalue weighted by atomic mass is 10.0. The van der Waals surface area contributed by atoms with Crippen molar-refractivity contribution >= 4 is 27.9 Å². The third-order valence-corrected chi connectivity index (χ3v) is 2.94. The molecular weight excluding hydrogens is 300 g/mol. The van der Waals surface area contributed by atoms with E-state index in [4.69, 9.17) is 9.47 Å². The van der Waals surface area contributed by atoms with E-state index in [-0.39, 0.29) is 13.2 Å². The first kappa shape index (κ1) is 17.4. The van der Waals surface area contributed by atoms with Gasteiger partial charge in [-0.15, -0.1) is 0 Å². The molecule has 106 valence electrons. The normalized spacial score (nSPS) is 12.3. The van der Waals surface area contributed by atoms with Crippen LogP contribution in [0, 0.1) is 5.92 Å². The van der Waals surface area contributed by atoms with Gasteiger partial charge in [0.25, 0.3) is 0 Å². The Bertz CT molecular complexity index is 235. The van der Waals surface area contributed by atoms with Crippen molar-refractivity contribution in [2.75, 3.05) is 13.2 Å². The number of hydrogen-bond acceptors (Lipinski definition) is 4. The third kappa shape index (κ3) is 7.69. The van der Waals surface area contributed by atoms with Gasteiger partial charge < -0.3 is 9.47 Å². The third-order valence-electron chi connectivity index (χ3n) is 2.49. The summed E-state index contributed by atoms with van der Waals surface area (Å²) in [5.74, 6) is -1.71. The predicted molar refractivity (Wildman–Crippen MR) is 73.6 cm³/mol. The number of ether oxygens (including phenoxy) is 2. The molecule has 18 heavy (non-hydrogen) atoms. The van der Waals surface area contributed by atoms with Crippen molar-refractivity contribution in [1.82, 2.24) is 0 Å². The van der Waals surface area contributed by atoms with Crippen LogP contribution < -0.4 is 0 Å². The molecule has 0 rings (SSSR count). The molecule has 0 spiro atoms. The standard InChI is InChI=1S/C13H23BrO4/c1-4-17-12(15)11(13(16)18-5-2)9-7-6-8-10(3)14/h10-11H,4-9H2,1-3H3. The molecule has 0 N–H and O–H groups in total. The monoisotopic (exact) mass is 322 g/mol. The summed E-state index contributed by atoms with van der Waals surface area (Å²) in [5, 5.41) is 0. The van der Waals surface area contributed by atoms with Crippen LogP contribution in [0.3, 0.4) is 0 Å². The number of carbonyl (C=O) groups excluding carboxylic acids is 2. The van der Waals surface area contributed by atoms with E-state index in [2.05, 4.69) is 22.9 Å².